The van der Waals surface area contributed by atoms with Crippen LogP contribution in [0.15, 0.2) is 18.2 Å². The van der Waals surface area contributed by atoms with E-state index in [4.69, 9.17) is 9.84 Å². The van der Waals surface area contributed by atoms with Crippen molar-refractivity contribution in [3.05, 3.63) is 29.6 Å². The molecule has 0 saturated heterocycles. The van der Waals surface area contributed by atoms with Crippen LogP contribution in [-0.2, 0) is 0 Å². The summed E-state index contributed by atoms with van der Waals surface area (Å²) < 4.78 is 54.7. The van der Waals surface area contributed by atoms with Gasteiger partial charge in [-0.15, -0.1) is 0 Å². The highest BCUT2D eigenvalue weighted by Gasteiger charge is 2.38. The molecular formula is C13H17F4NO2. The summed E-state index contributed by atoms with van der Waals surface area (Å²) in [6, 6.07) is 3.44. The summed E-state index contributed by atoms with van der Waals surface area (Å²) >= 11 is 0. The number of hydrogen-bond acceptors (Lipinski definition) is 3. The van der Waals surface area contributed by atoms with Crippen molar-refractivity contribution in [1.29, 1.82) is 0 Å². The second-order valence-electron chi connectivity index (χ2n) is 4.33. The molecule has 0 radical (unpaired) electrons. The molecule has 2 unspecified atom stereocenters. The van der Waals surface area contributed by atoms with E-state index in [0.29, 0.717) is 12.1 Å². The Morgan fingerprint density at radius 1 is 1.35 bits per heavy atom. The molecule has 0 aliphatic rings. The minimum atomic E-state index is -4.76. The molecule has 1 rings (SSSR count). The molecule has 0 spiro atoms. The number of benzene rings is 1. The maximum atomic E-state index is 13.2. The molecule has 2 N–H and O–H groups in total. The minimum absolute atomic E-state index is 0.0123. The van der Waals surface area contributed by atoms with E-state index in [2.05, 4.69) is 5.32 Å². The average Bonchev–Trinajstić information content (AvgIpc) is 2.35. The van der Waals surface area contributed by atoms with Gasteiger partial charge in [0.15, 0.2) is 6.10 Å². The van der Waals surface area contributed by atoms with Gasteiger partial charge in [-0.3, -0.25) is 0 Å². The quantitative estimate of drug-likeness (QED) is 0.793. The van der Waals surface area contributed by atoms with E-state index in [9.17, 15) is 17.6 Å². The molecule has 114 valence electrons. The fraction of sp³-hybridized carbons (Fsp3) is 0.538. The predicted molar refractivity (Wildman–Crippen MR) is 66.0 cm³/mol. The zero-order chi connectivity index (χ0) is 15.3. The van der Waals surface area contributed by atoms with Crippen LogP contribution in [0.1, 0.15) is 25.5 Å². The van der Waals surface area contributed by atoms with Crippen molar-refractivity contribution in [3.8, 4) is 5.75 Å². The first kappa shape index (κ1) is 16.7. The van der Waals surface area contributed by atoms with Crippen molar-refractivity contribution >= 4 is 0 Å². The molecule has 1 aromatic rings. The fourth-order valence-corrected chi connectivity index (χ4v) is 1.67. The molecular weight excluding hydrogens is 278 g/mol. The molecule has 0 aliphatic carbocycles. The molecule has 7 heteroatoms. The molecule has 3 nitrogen and oxygen atoms in total. The van der Waals surface area contributed by atoms with Crippen LogP contribution in [0.25, 0.3) is 0 Å². The van der Waals surface area contributed by atoms with Gasteiger partial charge in [-0.25, -0.2) is 4.39 Å². The Bertz CT molecular complexity index is 437. The summed E-state index contributed by atoms with van der Waals surface area (Å²) in [7, 11) is 0. The second-order valence-corrected chi connectivity index (χ2v) is 4.33. The Balaban J connectivity index is 2.85. The van der Waals surface area contributed by atoms with Gasteiger partial charge in [0.05, 0.1) is 0 Å². The molecule has 20 heavy (non-hydrogen) atoms. The van der Waals surface area contributed by atoms with Gasteiger partial charge >= 0.3 is 6.18 Å². The van der Waals surface area contributed by atoms with E-state index in [1.54, 1.807) is 6.92 Å². The van der Waals surface area contributed by atoms with Crippen LogP contribution in [0.5, 0.6) is 5.75 Å². The van der Waals surface area contributed by atoms with Gasteiger partial charge in [0.1, 0.15) is 18.2 Å². The van der Waals surface area contributed by atoms with Crippen molar-refractivity contribution in [1.82, 2.24) is 5.32 Å². The third-order valence-electron chi connectivity index (χ3n) is 2.73. The van der Waals surface area contributed by atoms with Crippen LogP contribution in [0, 0.1) is 5.82 Å². The van der Waals surface area contributed by atoms with Crippen molar-refractivity contribution in [2.24, 2.45) is 0 Å². The number of nitrogens with one attached hydrogen (secondary N) is 1. The fourth-order valence-electron chi connectivity index (χ4n) is 1.67. The number of aliphatic hydroxyl groups excluding tert-OH is 1. The lowest BCUT2D eigenvalue weighted by molar-refractivity contribution is -0.210. The molecule has 0 amide bonds. The second kappa shape index (κ2) is 6.90. The average molecular weight is 295 g/mol. The summed E-state index contributed by atoms with van der Waals surface area (Å²) in [4.78, 5) is 0. The van der Waals surface area contributed by atoms with Crippen molar-refractivity contribution < 1.29 is 27.4 Å². The molecule has 0 aromatic heterocycles. The van der Waals surface area contributed by atoms with E-state index in [-0.39, 0.29) is 11.8 Å². The molecule has 0 aliphatic heterocycles. The third-order valence-corrected chi connectivity index (χ3v) is 2.73. The predicted octanol–water partition coefficient (Wildman–Crippen LogP) is 2.80. The molecule has 0 fully saturated rings. The van der Waals surface area contributed by atoms with Crippen LogP contribution in [0.2, 0.25) is 0 Å². The number of aliphatic hydroxyl groups is 1. The zero-order valence-corrected chi connectivity index (χ0v) is 11.2. The largest absolute Gasteiger partial charge is 0.490 e. The summed E-state index contributed by atoms with van der Waals surface area (Å²) in [6.45, 7) is 3.32. The van der Waals surface area contributed by atoms with Gasteiger partial charge in [-0.2, -0.15) is 13.2 Å². The van der Waals surface area contributed by atoms with Crippen LogP contribution in [-0.4, -0.2) is 30.5 Å². The Kier molecular flexibility index (Phi) is 5.76. The van der Waals surface area contributed by atoms with Gasteiger partial charge in [0.2, 0.25) is 0 Å². The smallest absolute Gasteiger partial charge is 0.417 e. The summed E-state index contributed by atoms with van der Waals surface area (Å²) in [6.07, 6.45) is -7.37. The highest BCUT2D eigenvalue weighted by molar-refractivity contribution is 5.36. The normalized spacial score (nSPS) is 14.9. The van der Waals surface area contributed by atoms with Gasteiger partial charge in [0.25, 0.3) is 0 Å². The number of hydrogen-bond donors (Lipinski definition) is 2. The lowest BCUT2D eigenvalue weighted by atomic mass is 10.1. The van der Waals surface area contributed by atoms with Crippen LogP contribution in [0.4, 0.5) is 17.6 Å². The standard InChI is InChI=1S/C13H17F4NO2/c1-3-18-8(2)10-5-4-9(14)6-11(10)20-7-12(19)13(15,16)17/h4-6,8,12,18-19H,3,7H2,1-2H3. The molecule has 0 saturated carbocycles. The Morgan fingerprint density at radius 3 is 2.55 bits per heavy atom. The Morgan fingerprint density at radius 2 is 2.00 bits per heavy atom. The maximum absolute atomic E-state index is 13.2. The van der Waals surface area contributed by atoms with E-state index >= 15 is 0 Å². The Hall–Kier alpha value is -1.34. The molecule has 0 bridgehead atoms. The van der Waals surface area contributed by atoms with E-state index < -0.39 is 24.7 Å². The summed E-state index contributed by atoms with van der Waals surface area (Å²) in [5.41, 5.74) is 0.530. The van der Waals surface area contributed by atoms with Gasteiger partial charge < -0.3 is 15.2 Å². The zero-order valence-electron chi connectivity index (χ0n) is 11.2. The first-order chi connectivity index (χ1) is 9.25. The van der Waals surface area contributed by atoms with E-state index in [0.717, 1.165) is 6.07 Å². The van der Waals surface area contributed by atoms with Crippen molar-refractivity contribution in [2.45, 2.75) is 32.2 Å². The maximum Gasteiger partial charge on any atom is 0.417 e. The first-order valence-electron chi connectivity index (χ1n) is 6.16. The molecule has 2 atom stereocenters. The van der Waals surface area contributed by atoms with Crippen LogP contribution >= 0.6 is 0 Å². The van der Waals surface area contributed by atoms with Gasteiger partial charge in [-0.1, -0.05) is 13.0 Å². The van der Waals surface area contributed by atoms with E-state index in [1.807, 2.05) is 6.92 Å². The number of ether oxygens (including phenoxy) is 1. The lowest BCUT2D eigenvalue weighted by Crippen LogP contribution is -2.34. The van der Waals surface area contributed by atoms with Crippen LogP contribution < -0.4 is 10.1 Å². The van der Waals surface area contributed by atoms with Crippen molar-refractivity contribution in [2.75, 3.05) is 13.2 Å². The monoisotopic (exact) mass is 295 g/mol. The summed E-state index contributed by atoms with van der Waals surface area (Å²) in [5.74, 6) is -0.629. The first-order valence-corrected chi connectivity index (χ1v) is 6.16. The van der Waals surface area contributed by atoms with E-state index in [1.165, 1.54) is 12.1 Å². The molecule has 1 aromatic carbocycles. The minimum Gasteiger partial charge on any atom is -0.490 e. The van der Waals surface area contributed by atoms with Crippen molar-refractivity contribution in [3.63, 3.8) is 0 Å². The highest BCUT2D eigenvalue weighted by Crippen LogP contribution is 2.27. The lowest BCUT2D eigenvalue weighted by Gasteiger charge is -2.20. The SMILES string of the molecule is CCNC(C)c1ccc(F)cc1OCC(O)C(F)(F)F. The topological polar surface area (TPSA) is 41.5 Å². The number of rotatable bonds is 6. The summed E-state index contributed by atoms with van der Waals surface area (Å²) in [5, 5.41) is 11.9. The van der Waals surface area contributed by atoms with Gasteiger partial charge in [-0.05, 0) is 19.5 Å². The van der Waals surface area contributed by atoms with Crippen LogP contribution in [0.3, 0.4) is 0 Å². The van der Waals surface area contributed by atoms with Gasteiger partial charge in [0, 0.05) is 17.7 Å². The highest BCUT2D eigenvalue weighted by atomic mass is 19.4. The number of halogens is 4. The third kappa shape index (κ3) is 4.64. The Labute approximate surface area is 114 Å². The number of alkyl halides is 3. The molecule has 0 heterocycles.